The first-order valence-corrected chi connectivity index (χ1v) is 7.01. The lowest BCUT2D eigenvalue weighted by molar-refractivity contribution is 0.183. The van der Waals surface area contributed by atoms with E-state index in [9.17, 15) is 5.11 Å². The summed E-state index contributed by atoms with van der Waals surface area (Å²) in [5.74, 6) is 1.06. The van der Waals surface area contributed by atoms with Crippen LogP contribution in [0.5, 0.6) is 0 Å². The number of imidazole rings is 1. The lowest BCUT2D eigenvalue weighted by atomic mass is 10.2. The van der Waals surface area contributed by atoms with Crippen molar-refractivity contribution in [1.29, 1.82) is 0 Å². The van der Waals surface area contributed by atoms with E-state index in [1.165, 1.54) is 5.52 Å². The highest BCUT2D eigenvalue weighted by molar-refractivity contribution is 5.77. The van der Waals surface area contributed by atoms with Gasteiger partial charge in [0.1, 0.15) is 5.82 Å². The third kappa shape index (κ3) is 3.14. The van der Waals surface area contributed by atoms with Crippen LogP contribution in [0.3, 0.4) is 0 Å². The third-order valence-corrected chi connectivity index (χ3v) is 3.36. The number of fused-ring (bicyclic) bond motifs is 1. The molecule has 1 aromatic heterocycles. The van der Waals surface area contributed by atoms with E-state index in [2.05, 4.69) is 29.7 Å². The average Bonchev–Trinajstić information content (AvgIpc) is 2.74. The van der Waals surface area contributed by atoms with Crippen molar-refractivity contribution < 1.29 is 5.11 Å². The molecule has 1 unspecified atom stereocenters. The minimum atomic E-state index is -0.283. The Morgan fingerprint density at radius 2 is 2.21 bits per heavy atom. The molecule has 0 spiro atoms. The number of benzene rings is 1. The Morgan fingerprint density at radius 1 is 1.42 bits per heavy atom. The van der Waals surface area contributed by atoms with Crippen molar-refractivity contribution in [3.05, 3.63) is 29.6 Å². The number of rotatable bonds is 6. The Morgan fingerprint density at radius 3 is 2.84 bits per heavy atom. The van der Waals surface area contributed by atoms with Crippen LogP contribution >= 0.6 is 0 Å². The van der Waals surface area contributed by atoms with E-state index in [1.807, 2.05) is 6.92 Å². The fraction of sp³-hybridized carbons (Fsp3) is 0.533. The first kappa shape index (κ1) is 14.0. The molecule has 0 saturated carbocycles. The maximum Gasteiger partial charge on any atom is 0.109 e. The summed E-state index contributed by atoms with van der Waals surface area (Å²) < 4.78 is 2.26. The minimum absolute atomic E-state index is 0.283. The number of aryl methyl sites for hydroxylation is 2. The quantitative estimate of drug-likeness (QED) is 0.838. The van der Waals surface area contributed by atoms with Crippen LogP contribution < -0.4 is 5.73 Å². The molecule has 0 amide bonds. The molecule has 0 fully saturated rings. The molecule has 2 rings (SSSR count). The van der Waals surface area contributed by atoms with Gasteiger partial charge in [-0.2, -0.15) is 0 Å². The van der Waals surface area contributed by atoms with Gasteiger partial charge in [0.05, 0.1) is 17.1 Å². The molecule has 0 saturated heterocycles. The third-order valence-electron chi connectivity index (χ3n) is 3.36. The second kappa shape index (κ2) is 6.17. The van der Waals surface area contributed by atoms with Gasteiger partial charge in [-0.05, 0) is 37.5 Å². The highest BCUT2D eigenvalue weighted by atomic mass is 16.3. The van der Waals surface area contributed by atoms with Gasteiger partial charge in [0.15, 0.2) is 0 Å². The number of hydrogen-bond acceptors (Lipinski definition) is 3. The second-order valence-electron chi connectivity index (χ2n) is 5.09. The van der Waals surface area contributed by atoms with Crippen LogP contribution in [0.15, 0.2) is 18.2 Å². The molecule has 1 heterocycles. The van der Waals surface area contributed by atoms with Gasteiger partial charge in [-0.1, -0.05) is 13.0 Å². The number of nitrogens with two attached hydrogens (primary N) is 1. The van der Waals surface area contributed by atoms with E-state index in [0.717, 1.165) is 42.7 Å². The van der Waals surface area contributed by atoms with E-state index in [4.69, 9.17) is 10.7 Å². The average molecular weight is 261 g/mol. The molecule has 3 N–H and O–H groups in total. The fourth-order valence-corrected chi connectivity index (χ4v) is 2.35. The maximum atomic E-state index is 9.44. The van der Waals surface area contributed by atoms with Gasteiger partial charge in [-0.3, -0.25) is 0 Å². The molecule has 0 aliphatic carbocycles. The largest absolute Gasteiger partial charge is 0.393 e. The minimum Gasteiger partial charge on any atom is -0.393 e. The summed E-state index contributed by atoms with van der Waals surface area (Å²) in [6.07, 6.45) is 2.35. The van der Waals surface area contributed by atoms with Crippen LogP contribution in [0.1, 0.15) is 38.1 Å². The molecule has 0 aliphatic heterocycles. The summed E-state index contributed by atoms with van der Waals surface area (Å²) in [6, 6.07) is 6.23. The van der Waals surface area contributed by atoms with E-state index >= 15 is 0 Å². The number of aromatic nitrogens is 2. The van der Waals surface area contributed by atoms with Crippen molar-refractivity contribution >= 4 is 11.0 Å². The molecule has 104 valence electrons. The number of hydrogen-bond donors (Lipinski definition) is 2. The van der Waals surface area contributed by atoms with Crippen LogP contribution in [-0.2, 0) is 19.5 Å². The molecule has 0 bridgehead atoms. The lowest BCUT2D eigenvalue weighted by Crippen LogP contribution is -2.08. The summed E-state index contributed by atoms with van der Waals surface area (Å²) in [5, 5.41) is 9.44. The standard InChI is InChI=1S/C15H23N3O/c1-3-8-18-14-6-5-12(10-16)9-13(14)17-15(18)7-4-11(2)19/h5-6,9,11,19H,3-4,7-8,10,16H2,1-2H3. The first-order valence-electron chi connectivity index (χ1n) is 7.01. The molecular weight excluding hydrogens is 238 g/mol. The zero-order valence-corrected chi connectivity index (χ0v) is 11.8. The number of aliphatic hydroxyl groups excluding tert-OH is 1. The van der Waals surface area contributed by atoms with Gasteiger partial charge in [-0.25, -0.2) is 4.98 Å². The molecule has 0 aliphatic rings. The van der Waals surface area contributed by atoms with Crippen molar-refractivity contribution in [3.8, 4) is 0 Å². The Balaban J connectivity index is 2.40. The second-order valence-corrected chi connectivity index (χ2v) is 5.09. The summed E-state index contributed by atoms with van der Waals surface area (Å²) in [4.78, 5) is 4.71. The zero-order chi connectivity index (χ0) is 13.8. The zero-order valence-electron chi connectivity index (χ0n) is 11.8. The maximum absolute atomic E-state index is 9.44. The summed E-state index contributed by atoms with van der Waals surface area (Å²) in [6.45, 7) is 5.49. The Bertz CT molecular complexity index is 546. The van der Waals surface area contributed by atoms with Crippen molar-refractivity contribution in [3.63, 3.8) is 0 Å². The Kier molecular flexibility index (Phi) is 4.56. The highest BCUT2D eigenvalue weighted by Crippen LogP contribution is 2.20. The molecule has 0 radical (unpaired) electrons. The normalized spacial score (nSPS) is 13.1. The summed E-state index contributed by atoms with van der Waals surface area (Å²) >= 11 is 0. The number of aliphatic hydroxyl groups is 1. The van der Waals surface area contributed by atoms with E-state index in [-0.39, 0.29) is 6.10 Å². The Hall–Kier alpha value is -1.39. The first-order chi connectivity index (χ1) is 9.15. The molecule has 1 atom stereocenters. The molecule has 2 aromatic rings. The van der Waals surface area contributed by atoms with Crippen LogP contribution in [0.4, 0.5) is 0 Å². The van der Waals surface area contributed by atoms with Crippen LogP contribution in [-0.4, -0.2) is 20.8 Å². The smallest absolute Gasteiger partial charge is 0.109 e. The van der Waals surface area contributed by atoms with Crippen LogP contribution in [0.2, 0.25) is 0 Å². The van der Waals surface area contributed by atoms with Crippen molar-refractivity contribution in [2.75, 3.05) is 0 Å². The van der Waals surface area contributed by atoms with Gasteiger partial charge in [-0.15, -0.1) is 0 Å². The van der Waals surface area contributed by atoms with E-state index in [1.54, 1.807) is 0 Å². The van der Waals surface area contributed by atoms with Crippen molar-refractivity contribution in [2.45, 2.75) is 52.3 Å². The van der Waals surface area contributed by atoms with Crippen LogP contribution in [0, 0.1) is 0 Å². The molecule has 4 heteroatoms. The monoisotopic (exact) mass is 261 g/mol. The van der Waals surface area contributed by atoms with Crippen molar-refractivity contribution in [2.24, 2.45) is 5.73 Å². The topological polar surface area (TPSA) is 64.1 Å². The molecule has 19 heavy (non-hydrogen) atoms. The van der Waals surface area contributed by atoms with Gasteiger partial charge >= 0.3 is 0 Å². The van der Waals surface area contributed by atoms with Gasteiger partial charge in [0.2, 0.25) is 0 Å². The summed E-state index contributed by atoms with van der Waals surface area (Å²) in [5.41, 5.74) is 8.96. The van der Waals surface area contributed by atoms with E-state index in [0.29, 0.717) is 6.54 Å². The predicted molar refractivity (Wildman–Crippen MR) is 77.9 cm³/mol. The number of nitrogens with zero attached hydrogens (tertiary/aromatic N) is 2. The summed E-state index contributed by atoms with van der Waals surface area (Å²) in [7, 11) is 0. The van der Waals surface area contributed by atoms with Crippen LogP contribution in [0.25, 0.3) is 11.0 Å². The predicted octanol–water partition coefficient (Wildman–Crippen LogP) is 2.22. The van der Waals surface area contributed by atoms with Gasteiger partial charge in [0, 0.05) is 19.5 Å². The van der Waals surface area contributed by atoms with Crippen molar-refractivity contribution in [1.82, 2.24) is 9.55 Å². The molecule has 1 aromatic carbocycles. The van der Waals surface area contributed by atoms with Gasteiger partial charge in [0.25, 0.3) is 0 Å². The fourth-order valence-electron chi connectivity index (χ4n) is 2.35. The Labute approximate surface area is 114 Å². The molecular formula is C15H23N3O. The SMILES string of the molecule is CCCn1c(CCC(C)O)nc2cc(CN)ccc21. The van der Waals surface area contributed by atoms with Gasteiger partial charge < -0.3 is 15.4 Å². The highest BCUT2D eigenvalue weighted by Gasteiger charge is 2.11. The lowest BCUT2D eigenvalue weighted by Gasteiger charge is -2.08. The molecule has 4 nitrogen and oxygen atoms in total. The van der Waals surface area contributed by atoms with E-state index < -0.39 is 0 Å².